The topological polar surface area (TPSA) is 185 Å². The molecular formula is C35H32O12. The Hall–Kier alpha value is -6.04. The van der Waals surface area contributed by atoms with E-state index in [0.717, 1.165) is 29.5 Å². The van der Waals surface area contributed by atoms with Crippen LogP contribution in [0.25, 0.3) is 22.3 Å². The first-order valence-electron chi connectivity index (χ1n) is 14.3. The zero-order valence-corrected chi connectivity index (χ0v) is 25.6. The van der Waals surface area contributed by atoms with E-state index in [4.69, 9.17) is 23.4 Å². The van der Waals surface area contributed by atoms with E-state index in [2.05, 4.69) is 0 Å². The van der Waals surface area contributed by atoms with Crippen molar-refractivity contribution in [3.8, 4) is 57.3 Å². The lowest BCUT2D eigenvalue weighted by Gasteiger charge is -2.22. The van der Waals surface area contributed by atoms with Crippen LogP contribution in [0.1, 0.15) is 29.0 Å². The van der Waals surface area contributed by atoms with Gasteiger partial charge in [0.1, 0.15) is 28.2 Å². The number of ether oxygens (including phenoxy) is 4. The van der Waals surface area contributed by atoms with Gasteiger partial charge in [-0.1, -0.05) is 18.2 Å². The van der Waals surface area contributed by atoms with Crippen molar-refractivity contribution in [1.82, 2.24) is 0 Å². The zero-order chi connectivity index (χ0) is 33.8. The Morgan fingerprint density at radius 1 is 0.787 bits per heavy atom. The fourth-order valence-electron chi connectivity index (χ4n) is 5.27. The van der Waals surface area contributed by atoms with E-state index >= 15 is 0 Å². The number of carbonyl (C=O) groups excluding carboxylic acids is 1. The third-order valence-corrected chi connectivity index (χ3v) is 7.72. The van der Waals surface area contributed by atoms with E-state index < -0.39 is 57.2 Å². The lowest BCUT2D eigenvalue weighted by atomic mass is 9.86. The highest BCUT2D eigenvalue weighted by atomic mass is 16.5. The summed E-state index contributed by atoms with van der Waals surface area (Å²) < 4.78 is 27.7. The number of phenolic OH excluding ortho intramolecular Hbond substituents is 4. The first-order valence-corrected chi connectivity index (χ1v) is 14.3. The number of hydrogen-bond acceptors (Lipinski definition) is 12. The quantitative estimate of drug-likeness (QED) is 0.0922. The highest BCUT2D eigenvalue weighted by molar-refractivity contribution is 5.92. The molecule has 0 aliphatic carbocycles. The predicted octanol–water partition coefficient (Wildman–Crippen LogP) is 5.32. The number of methoxy groups -OCH3 is 3. The first kappa shape index (κ1) is 32.4. The van der Waals surface area contributed by atoms with Crippen LogP contribution in [-0.2, 0) is 16.0 Å². The second-order valence-electron chi connectivity index (χ2n) is 10.5. The Bertz CT molecular complexity index is 2000. The van der Waals surface area contributed by atoms with Crippen molar-refractivity contribution in [1.29, 1.82) is 0 Å². The SMILES string of the molecule is COC(=O)CC(c1ccc(OCCc2ccc(OC)cc2)c(OC)c1)c1c(O)cc(O)c2c(=O)c(O)c(-c3ccc(O)c(O)c3)oc12. The van der Waals surface area contributed by atoms with E-state index in [1.807, 2.05) is 24.3 Å². The zero-order valence-electron chi connectivity index (χ0n) is 25.6. The highest BCUT2D eigenvalue weighted by Crippen LogP contribution is 2.46. The van der Waals surface area contributed by atoms with Crippen molar-refractivity contribution in [2.45, 2.75) is 18.8 Å². The molecule has 0 fully saturated rings. The number of hydrogen-bond donors (Lipinski definition) is 5. The van der Waals surface area contributed by atoms with Gasteiger partial charge in [0.2, 0.25) is 11.2 Å². The summed E-state index contributed by atoms with van der Waals surface area (Å²) in [5.74, 6) is -3.74. The van der Waals surface area contributed by atoms with Gasteiger partial charge in [-0.05, 0) is 53.6 Å². The van der Waals surface area contributed by atoms with Crippen LogP contribution >= 0.6 is 0 Å². The van der Waals surface area contributed by atoms with Crippen molar-refractivity contribution in [2.24, 2.45) is 0 Å². The van der Waals surface area contributed by atoms with Crippen LogP contribution in [0.3, 0.4) is 0 Å². The Morgan fingerprint density at radius 2 is 1.53 bits per heavy atom. The van der Waals surface area contributed by atoms with Gasteiger partial charge >= 0.3 is 5.97 Å². The van der Waals surface area contributed by atoms with E-state index in [1.165, 1.54) is 20.3 Å². The number of carbonyl (C=O) groups is 1. The Kier molecular flexibility index (Phi) is 9.31. The van der Waals surface area contributed by atoms with Crippen LogP contribution in [0.15, 0.2) is 75.9 Å². The van der Waals surface area contributed by atoms with Gasteiger partial charge in [0.25, 0.3) is 0 Å². The van der Waals surface area contributed by atoms with E-state index in [0.29, 0.717) is 30.1 Å². The average Bonchev–Trinajstić information content (AvgIpc) is 3.07. The fourth-order valence-corrected chi connectivity index (χ4v) is 5.27. The van der Waals surface area contributed by atoms with Crippen molar-refractivity contribution in [3.63, 3.8) is 0 Å². The maximum Gasteiger partial charge on any atom is 0.306 e. The molecule has 5 N–H and O–H groups in total. The number of rotatable bonds is 11. The van der Waals surface area contributed by atoms with Gasteiger partial charge in [-0.3, -0.25) is 9.59 Å². The molecule has 0 aliphatic rings. The summed E-state index contributed by atoms with van der Waals surface area (Å²) in [7, 11) is 4.24. The first-order chi connectivity index (χ1) is 22.6. The third kappa shape index (κ3) is 6.52. The summed E-state index contributed by atoms with van der Waals surface area (Å²) in [4.78, 5) is 26.1. The molecule has 1 unspecified atom stereocenters. The summed E-state index contributed by atoms with van der Waals surface area (Å²) in [5, 5.41) is 51.9. The number of esters is 1. The lowest BCUT2D eigenvalue weighted by Crippen LogP contribution is -2.13. The molecule has 12 nitrogen and oxygen atoms in total. The number of aromatic hydroxyl groups is 5. The fraction of sp³-hybridized carbons (Fsp3) is 0.200. The molecule has 0 spiro atoms. The molecular weight excluding hydrogens is 612 g/mol. The number of phenols is 4. The largest absolute Gasteiger partial charge is 0.507 e. The maximum absolute atomic E-state index is 13.4. The van der Waals surface area contributed by atoms with Crippen molar-refractivity contribution >= 4 is 16.9 Å². The van der Waals surface area contributed by atoms with Gasteiger partial charge < -0.3 is 48.9 Å². The highest BCUT2D eigenvalue weighted by Gasteiger charge is 2.30. The third-order valence-electron chi connectivity index (χ3n) is 7.72. The van der Waals surface area contributed by atoms with Crippen LogP contribution < -0.4 is 19.6 Å². The molecule has 0 aliphatic heterocycles. The molecule has 0 amide bonds. The van der Waals surface area contributed by atoms with E-state index in [-0.39, 0.29) is 23.1 Å². The average molecular weight is 645 g/mol. The van der Waals surface area contributed by atoms with Gasteiger partial charge in [0.15, 0.2) is 28.8 Å². The molecule has 1 atom stereocenters. The molecule has 1 heterocycles. The van der Waals surface area contributed by atoms with Gasteiger partial charge in [-0.25, -0.2) is 0 Å². The Labute approximate surface area is 268 Å². The smallest absolute Gasteiger partial charge is 0.306 e. The van der Waals surface area contributed by atoms with Gasteiger partial charge in [0.05, 0.1) is 34.4 Å². The molecule has 0 saturated heterocycles. The Balaban J connectivity index is 1.60. The lowest BCUT2D eigenvalue weighted by molar-refractivity contribution is -0.140. The van der Waals surface area contributed by atoms with Crippen LogP contribution in [-0.4, -0.2) is 59.4 Å². The normalized spacial score (nSPS) is 11.6. The second-order valence-corrected chi connectivity index (χ2v) is 10.5. The van der Waals surface area contributed by atoms with Crippen molar-refractivity contribution < 1.29 is 53.7 Å². The molecule has 4 aromatic carbocycles. The van der Waals surface area contributed by atoms with Crippen LogP contribution in [0.2, 0.25) is 0 Å². The number of fused-ring (bicyclic) bond motifs is 1. The van der Waals surface area contributed by atoms with Gasteiger partial charge in [0, 0.05) is 29.5 Å². The molecule has 0 bridgehead atoms. The van der Waals surface area contributed by atoms with E-state index in [9.17, 15) is 35.1 Å². The standard InChI is InChI=1S/C35H32O12/c1-43-21-8-4-18(5-9-21)12-13-46-27-11-7-19(15-28(27)44-2)22(16-29(40)45-3)30-25(38)17-26(39)31-32(41)33(42)34(47-35(30)31)20-6-10-23(36)24(37)14-20/h4-11,14-15,17,22,36-39,42H,12-13,16H2,1-3H3. The minimum Gasteiger partial charge on any atom is -0.507 e. The van der Waals surface area contributed by atoms with Crippen molar-refractivity contribution in [3.05, 3.63) is 93.6 Å². The molecule has 1 aromatic heterocycles. The van der Waals surface area contributed by atoms with Gasteiger partial charge in [-0.2, -0.15) is 0 Å². The summed E-state index contributed by atoms with van der Waals surface area (Å²) in [5.41, 5.74) is 0.0241. The van der Waals surface area contributed by atoms with Crippen molar-refractivity contribution in [2.75, 3.05) is 27.9 Å². The summed E-state index contributed by atoms with van der Waals surface area (Å²) in [6.45, 7) is 0.321. The molecule has 5 aromatic rings. The Morgan fingerprint density at radius 3 is 2.19 bits per heavy atom. The summed E-state index contributed by atoms with van der Waals surface area (Å²) in [6, 6.07) is 16.9. The molecule has 47 heavy (non-hydrogen) atoms. The summed E-state index contributed by atoms with van der Waals surface area (Å²) >= 11 is 0. The van der Waals surface area contributed by atoms with E-state index in [1.54, 1.807) is 25.3 Å². The minimum absolute atomic E-state index is 0.00733. The minimum atomic E-state index is -1.04. The van der Waals surface area contributed by atoms with Crippen LogP contribution in [0, 0.1) is 0 Å². The van der Waals surface area contributed by atoms with Crippen LogP contribution in [0.4, 0.5) is 0 Å². The molecule has 0 saturated carbocycles. The monoisotopic (exact) mass is 644 g/mol. The summed E-state index contributed by atoms with van der Waals surface area (Å²) in [6.07, 6.45) is 0.255. The second kappa shape index (κ2) is 13.5. The predicted molar refractivity (Wildman–Crippen MR) is 170 cm³/mol. The maximum atomic E-state index is 13.4. The molecule has 0 radical (unpaired) electrons. The molecule has 244 valence electrons. The number of benzene rings is 4. The van der Waals surface area contributed by atoms with Gasteiger partial charge in [-0.15, -0.1) is 0 Å². The molecule has 12 heteroatoms. The molecule has 5 rings (SSSR count). The van der Waals surface area contributed by atoms with Crippen LogP contribution in [0.5, 0.6) is 46.0 Å².